The standard InChI is InChI=1S/C13H19N3O2S/c1-16(2)19(17,18)8-7-14-10-11-3-4-12-5-6-15-13(12)9-11/h3-6,9,14-15H,7-8,10H2,1-2H3. The summed E-state index contributed by atoms with van der Waals surface area (Å²) in [6.07, 6.45) is 1.91. The summed E-state index contributed by atoms with van der Waals surface area (Å²) < 4.78 is 24.4. The number of aromatic amines is 1. The van der Waals surface area contributed by atoms with Crippen molar-refractivity contribution in [2.24, 2.45) is 0 Å². The Morgan fingerprint density at radius 3 is 2.79 bits per heavy atom. The van der Waals surface area contributed by atoms with Gasteiger partial charge in [0.05, 0.1) is 5.75 Å². The third-order valence-corrected chi connectivity index (χ3v) is 4.87. The summed E-state index contributed by atoms with van der Waals surface area (Å²) in [5.74, 6) is 0.116. The predicted molar refractivity (Wildman–Crippen MR) is 77.5 cm³/mol. The molecule has 1 heterocycles. The van der Waals surface area contributed by atoms with Crippen LogP contribution in [0.1, 0.15) is 5.56 Å². The Morgan fingerprint density at radius 2 is 2.05 bits per heavy atom. The van der Waals surface area contributed by atoms with Crippen molar-refractivity contribution in [3.8, 4) is 0 Å². The molecule has 2 aromatic rings. The van der Waals surface area contributed by atoms with E-state index in [4.69, 9.17) is 0 Å². The first kappa shape index (κ1) is 14.0. The third-order valence-electron chi connectivity index (χ3n) is 3.04. The third kappa shape index (κ3) is 3.56. The van der Waals surface area contributed by atoms with Crippen LogP contribution < -0.4 is 5.32 Å². The van der Waals surface area contributed by atoms with Gasteiger partial charge in [0.2, 0.25) is 10.0 Å². The van der Waals surface area contributed by atoms with Gasteiger partial charge in [-0.3, -0.25) is 0 Å². The predicted octanol–water partition coefficient (Wildman–Crippen LogP) is 1.15. The first-order valence-electron chi connectivity index (χ1n) is 6.16. The molecule has 0 aliphatic rings. The summed E-state index contributed by atoms with van der Waals surface area (Å²) in [4.78, 5) is 3.16. The minimum atomic E-state index is -3.11. The number of hydrogen-bond acceptors (Lipinski definition) is 3. The molecular weight excluding hydrogens is 262 g/mol. The van der Waals surface area contributed by atoms with Gasteiger partial charge in [-0.2, -0.15) is 0 Å². The molecule has 2 N–H and O–H groups in total. The second-order valence-electron chi connectivity index (χ2n) is 4.67. The van der Waals surface area contributed by atoms with E-state index in [0.717, 1.165) is 11.1 Å². The maximum atomic E-state index is 11.6. The number of fused-ring (bicyclic) bond motifs is 1. The number of rotatable bonds is 6. The fourth-order valence-corrected chi connectivity index (χ4v) is 2.59. The molecule has 0 saturated heterocycles. The van der Waals surface area contributed by atoms with Gasteiger partial charge in [0, 0.05) is 38.9 Å². The molecule has 0 radical (unpaired) electrons. The summed E-state index contributed by atoms with van der Waals surface area (Å²) in [6.45, 7) is 1.11. The van der Waals surface area contributed by atoms with E-state index in [1.54, 1.807) is 14.1 Å². The van der Waals surface area contributed by atoms with Gasteiger partial charge in [-0.05, 0) is 23.1 Å². The van der Waals surface area contributed by atoms with Gasteiger partial charge in [0.25, 0.3) is 0 Å². The van der Waals surface area contributed by atoms with Gasteiger partial charge < -0.3 is 10.3 Å². The highest BCUT2D eigenvalue weighted by Gasteiger charge is 2.12. The summed E-state index contributed by atoms with van der Waals surface area (Å²) in [7, 11) is -0.0135. The maximum Gasteiger partial charge on any atom is 0.214 e. The molecule has 5 nitrogen and oxygen atoms in total. The van der Waals surface area contributed by atoms with Crippen LogP contribution in [0.3, 0.4) is 0 Å². The Morgan fingerprint density at radius 1 is 1.26 bits per heavy atom. The van der Waals surface area contributed by atoms with Crippen LogP contribution in [0.4, 0.5) is 0 Å². The van der Waals surface area contributed by atoms with Crippen molar-refractivity contribution in [2.75, 3.05) is 26.4 Å². The number of H-pyrrole nitrogens is 1. The quantitative estimate of drug-likeness (QED) is 0.781. The number of sulfonamides is 1. The lowest BCUT2D eigenvalue weighted by Gasteiger charge is -2.11. The van der Waals surface area contributed by atoms with E-state index in [1.165, 1.54) is 9.69 Å². The number of aromatic nitrogens is 1. The highest BCUT2D eigenvalue weighted by molar-refractivity contribution is 7.89. The molecule has 0 saturated carbocycles. The fourth-order valence-electron chi connectivity index (χ4n) is 1.82. The Labute approximate surface area is 113 Å². The van der Waals surface area contributed by atoms with Crippen LogP contribution >= 0.6 is 0 Å². The number of nitrogens with one attached hydrogen (secondary N) is 2. The van der Waals surface area contributed by atoms with E-state index in [0.29, 0.717) is 13.1 Å². The van der Waals surface area contributed by atoms with Crippen molar-refractivity contribution >= 4 is 20.9 Å². The molecule has 6 heteroatoms. The molecule has 1 aromatic heterocycles. The Hall–Kier alpha value is -1.37. The molecule has 2 rings (SSSR count). The molecule has 0 atom stereocenters. The molecule has 0 aliphatic heterocycles. The van der Waals surface area contributed by atoms with Crippen molar-refractivity contribution in [2.45, 2.75) is 6.54 Å². The van der Waals surface area contributed by atoms with Crippen molar-refractivity contribution in [1.82, 2.24) is 14.6 Å². The van der Waals surface area contributed by atoms with E-state index in [9.17, 15) is 8.42 Å². The van der Waals surface area contributed by atoms with Crippen molar-refractivity contribution in [1.29, 1.82) is 0 Å². The number of benzene rings is 1. The van der Waals surface area contributed by atoms with Gasteiger partial charge in [0.15, 0.2) is 0 Å². The van der Waals surface area contributed by atoms with Crippen LogP contribution in [0.25, 0.3) is 10.9 Å². The second-order valence-corrected chi connectivity index (χ2v) is 6.98. The molecule has 1 aromatic carbocycles. The first-order chi connectivity index (χ1) is 8.99. The molecule has 104 valence electrons. The molecule has 0 spiro atoms. The highest BCUT2D eigenvalue weighted by Crippen LogP contribution is 2.13. The maximum absolute atomic E-state index is 11.6. The van der Waals surface area contributed by atoms with Gasteiger partial charge in [-0.15, -0.1) is 0 Å². The van der Waals surface area contributed by atoms with Crippen LogP contribution in [-0.2, 0) is 16.6 Å². The van der Waals surface area contributed by atoms with E-state index >= 15 is 0 Å². The zero-order valence-corrected chi connectivity index (χ0v) is 12.0. The minimum absolute atomic E-state index is 0.116. The van der Waals surface area contributed by atoms with Gasteiger partial charge in [-0.25, -0.2) is 12.7 Å². The minimum Gasteiger partial charge on any atom is -0.361 e. The molecule has 0 bridgehead atoms. The van der Waals surface area contributed by atoms with Crippen molar-refractivity contribution in [3.63, 3.8) is 0 Å². The lowest BCUT2D eigenvalue weighted by Crippen LogP contribution is -2.30. The summed E-state index contributed by atoms with van der Waals surface area (Å²) >= 11 is 0. The lowest BCUT2D eigenvalue weighted by molar-refractivity contribution is 0.517. The molecule has 0 fully saturated rings. The monoisotopic (exact) mass is 281 g/mol. The lowest BCUT2D eigenvalue weighted by atomic mass is 10.1. The largest absolute Gasteiger partial charge is 0.361 e. The average molecular weight is 281 g/mol. The highest BCUT2D eigenvalue weighted by atomic mass is 32.2. The molecular formula is C13H19N3O2S. The zero-order chi connectivity index (χ0) is 13.9. The van der Waals surface area contributed by atoms with Gasteiger partial charge >= 0.3 is 0 Å². The Balaban J connectivity index is 1.86. The van der Waals surface area contributed by atoms with Crippen LogP contribution in [0, 0.1) is 0 Å². The smallest absolute Gasteiger partial charge is 0.214 e. The van der Waals surface area contributed by atoms with Crippen molar-refractivity contribution < 1.29 is 8.42 Å². The average Bonchev–Trinajstić information content (AvgIpc) is 2.81. The SMILES string of the molecule is CN(C)S(=O)(=O)CCNCc1ccc2cc[nH]c2c1. The van der Waals surface area contributed by atoms with Crippen LogP contribution in [-0.4, -0.2) is 44.1 Å². The Bertz CT molecular complexity index is 647. The van der Waals surface area contributed by atoms with Crippen LogP contribution in [0.5, 0.6) is 0 Å². The topological polar surface area (TPSA) is 65.2 Å². The first-order valence-corrected chi connectivity index (χ1v) is 7.77. The van der Waals surface area contributed by atoms with Crippen molar-refractivity contribution in [3.05, 3.63) is 36.0 Å². The Kier molecular flexibility index (Phi) is 4.24. The fraction of sp³-hybridized carbons (Fsp3) is 0.385. The van der Waals surface area contributed by atoms with Crippen LogP contribution in [0.15, 0.2) is 30.5 Å². The number of nitrogens with zero attached hydrogens (tertiary/aromatic N) is 1. The van der Waals surface area contributed by atoms with E-state index < -0.39 is 10.0 Å². The van der Waals surface area contributed by atoms with E-state index in [-0.39, 0.29) is 5.75 Å². The van der Waals surface area contributed by atoms with E-state index in [2.05, 4.69) is 22.4 Å². The summed E-state index contributed by atoms with van der Waals surface area (Å²) in [5, 5.41) is 4.33. The number of hydrogen-bond donors (Lipinski definition) is 2. The zero-order valence-electron chi connectivity index (χ0n) is 11.2. The second kappa shape index (κ2) is 5.73. The molecule has 0 amide bonds. The normalized spacial score (nSPS) is 12.4. The van der Waals surface area contributed by atoms with Gasteiger partial charge in [0.1, 0.15) is 0 Å². The molecule has 0 unspecified atom stereocenters. The molecule has 0 aliphatic carbocycles. The molecule has 19 heavy (non-hydrogen) atoms. The summed E-state index contributed by atoms with van der Waals surface area (Å²) in [6, 6.07) is 8.20. The summed E-state index contributed by atoms with van der Waals surface area (Å²) in [5.41, 5.74) is 2.23. The van der Waals surface area contributed by atoms with Crippen LogP contribution in [0.2, 0.25) is 0 Å². The van der Waals surface area contributed by atoms with E-state index in [1.807, 2.05) is 18.3 Å². The van der Waals surface area contributed by atoms with Gasteiger partial charge in [-0.1, -0.05) is 12.1 Å².